The zero-order valence-corrected chi connectivity index (χ0v) is 6.58. The number of hydrogen-bond acceptors (Lipinski definition) is 3. The number of carbonyl (C=O) groups is 1. The molecule has 1 N–H and O–H groups in total. The van der Waals surface area contributed by atoms with E-state index in [1.54, 1.807) is 0 Å². The van der Waals surface area contributed by atoms with Crippen LogP contribution in [-0.4, -0.2) is 22.7 Å². The molecule has 0 fully saturated rings. The lowest BCUT2D eigenvalue weighted by Gasteiger charge is -2.03. The van der Waals surface area contributed by atoms with Crippen LogP contribution in [0.3, 0.4) is 0 Å². The first kappa shape index (κ1) is 10.3. The minimum Gasteiger partial charge on any atom is -0.478 e. The molecule has 7 heteroatoms. The molecule has 0 bridgehead atoms. The SMILES string of the molecule is O=C(O)c1cnc(OC(F)F)c(F)c1. The molecular formula is C7H4F3NO3. The fourth-order valence-electron chi connectivity index (χ4n) is 0.713. The van der Waals surface area contributed by atoms with Gasteiger partial charge in [-0.05, 0) is 6.07 Å². The summed E-state index contributed by atoms with van der Waals surface area (Å²) in [5, 5.41) is 8.39. The molecule has 14 heavy (non-hydrogen) atoms. The summed E-state index contributed by atoms with van der Waals surface area (Å²) >= 11 is 0. The van der Waals surface area contributed by atoms with Crippen molar-refractivity contribution in [2.45, 2.75) is 6.61 Å². The van der Waals surface area contributed by atoms with Crippen LogP contribution in [0.15, 0.2) is 12.3 Å². The van der Waals surface area contributed by atoms with Crippen molar-refractivity contribution in [3.63, 3.8) is 0 Å². The van der Waals surface area contributed by atoms with Crippen molar-refractivity contribution in [1.29, 1.82) is 0 Å². The molecule has 76 valence electrons. The van der Waals surface area contributed by atoms with E-state index in [1.165, 1.54) is 0 Å². The van der Waals surface area contributed by atoms with Gasteiger partial charge < -0.3 is 9.84 Å². The van der Waals surface area contributed by atoms with E-state index in [9.17, 15) is 18.0 Å². The third kappa shape index (κ3) is 2.35. The first-order valence-corrected chi connectivity index (χ1v) is 3.34. The molecular weight excluding hydrogens is 203 g/mol. The number of halogens is 3. The van der Waals surface area contributed by atoms with Crippen molar-refractivity contribution in [3.8, 4) is 5.88 Å². The number of pyridine rings is 1. The number of aromatic carboxylic acids is 1. The van der Waals surface area contributed by atoms with Crippen LogP contribution in [-0.2, 0) is 0 Å². The van der Waals surface area contributed by atoms with E-state index in [0.29, 0.717) is 6.07 Å². The molecule has 0 aliphatic heterocycles. The van der Waals surface area contributed by atoms with Crippen LogP contribution < -0.4 is 4.74 Å². The van der Waals surface area contributed by atoms with Crippen molar-refractivity contribution >= 4 is 5.97 Å². The predicted octanol–water partition coefficient (Wildman–Crippen LogP) is 1.52. The summed E-state index contributed by atoms with van der Waals surface area (Å²) < 4.78 is 39.7. The van der Waals surface area contributed by atoms with E-state index in [0.717, 1.165) is 6.20 Å². The molecule has 1 heterocycles. The second kappa shape index (κ2) is 3.95. The molecule has 0 amide bonds. The van der Waals surface area contributed by atoms with Crippen molar-refractivity contribution in [2.75, 3.05) is 0 Å². The molecule has 1 aromatic rings. The molecule has 1 aromatic heterocycles. The molecule has 0 aliphatic carbocycles. The summed E-state index contributed by atoms with van der Waals surface area (Å²) in [6, 6.07) is 0.549. The lowest BCUT2D eigenvalue weighted by Crippen LogP contribution is -2.07. The zero-order valence-electron chi connectivity index (χ0n) is 6.58. The van der Waals surface area contributed by atoms with Gasteiger partial charge in [0, 0.05) is 6.20 Å². The number of ether oxygens (including phenoxy) is 1. The Morgan fingerprint density at radius 2 is 2.21 bits per heavy atom. The highest BCUT2D eigenvalue weighted by Crippen LogP contribution is 2.16. The molecule has 4 nitrogen and oxygen atoms in total. The van der Waals surface area contributed by atoms with Gasteiger partial charge in [-0.2, -0.15) is 8.78 Å². The van der Waals surface area contributed by atoms with E-state index < -0.39 is 29.8 Å². The quantitative estimate of drug-likeness (QED) is 0.816. The molecule has 0 spiro atoms. The van der Waals surface area contributed by atoms with Crippen LogP contribution >= 0.6 is 0 Å². The van der Waals surface area contributed by atoms with Gasteiger partial charge in [0.1, 0.15) is 0 Å². The Bertz CT molecular complexity index is 356. The summed E-state index contributed by atoms with van der Waals surface area (Å²) in [6.45, 7) is -3.20. The van der Waals surface area contributed by atoms with Crippen LogP contribution in [0.25, 0.3) is 0 Å². The van der Waals surface area contributed by atoms with E-state index in [2.05, 4.69) is 9.72 Å². The zero-order chi connectivity index (χ0) is 10.7. The highest BCUT2D eigenvalue weighted by Gasteiger charge is 2.14. The summed E-state index contributed by atoms with van der Waals surface area (Å²) in [4.78, 5) is 13.4. The number of carboxylic acids is 1. The van der Waals surface area contributed by atoms with Gasteiger partial charge >= 0.3 is 12.6 Å². The number of nitrogens with zero attached hydrogens (tertiary/aromatic N) is 1. The predicted molar refractivity (Wildman–Crippen MR) is 37.8 cm³/mol. The van der Waals surface area contributed by atoms with E-state index >= 15 is 0 Å². The Labute approximate surface area is 75.9 Å². The van der Waals surface area contributed by atoms with Gasteiger partial charge in [0.15, 0.2) is 5.82 Å². The van der Waals surface area contributed by atoms with Crippen LogP contribution in [0.5, 0.6) is 5.88 Å². The highest BCUT2D eigenvalue weighted by molar-refractivity contribution is 5.87. The van der Waals surface area contributed by atoms with Gasteiger partial charge in [0.05, 0.1) is 5.56 Å². The normalized spacial score (nSPS) is 10.3. The number of carboxylic acid groups (broad SMARTS) is 1. The van der Waals surface area contributed by atoms with E-state index in [4.69, 9.17) is 5.11 Å². The highest BCUT2D eigenvalue weighted by atomic mass is 19.3. The monoisotopic (exact) mass is 207 g/mol. The third-order valence-corrected chi connectivity index (χ3v) is 1.26. The minimum atomic E-state index is -3.20. The fraction of sp³-hybridized carbons (Fsp3) is 0.143. The number of hydrogen-bond donors (Lipinski definition) is 1. The molecule has 0 saturated heterocycles. The maximum Gasteiger partial charge on any atom is 0.388 e. The Kier molecular flexibility index (Phi) is 2.90. The molecule has 1 rings (SSSR count). The number of alkyl halides is 2. The van der Waals surface area contributed by atoms with Gasteiger partial charge in [-0.1, -0.05) is 0 Å². The average Bonchev–Trinajstić information content (AvgIpc) is 2.07. The summed E-state index contributed by atoms with van der Waals surface area (Å²) in [5.41, 5.74) is -0.441. The smallest absolute Gasteiger partial charge is 0.388 e. The summed E-state index contributed by atoms with van der Waals surface area (Å²) in [5.74, 6) is -3.57. The summed E-state index contributed by atoms with van der Waals surface area (Å²) in [6.07, 6.45) is 0.725. The number of aromatic nitrogens is 1. The second-order valence-electron chi connectivity index (χ2n) is 2.19. The molecule has 0 radical (unpaired) electrons. The molecule has 0 saturated carbocycles. The number of rotatable bonds is 3. The molecule has 0 atom stereocenters. The lowest BCUT2D eigenvalue weighted by atomic mass is 10.3. The Hall–Kier alpha value is -1.79. The van der Waals surface area contributed by atoms with Gasteiger partial charge in [0.25, 0.3) is 5.88 Å². The molecule has 0 aromatic carbocycles. The van der Waals surface area contributed by atoms with Crippen molar-refractivity contribution in [3.05, 3.63) is 23.6 Å². The fourth-order valence-corrected chi connectivity index (χ4v) is 0.713. The Morgan fingerprint density at radius 3 is 2.64 bits per heavy atom. The topological polar surface area (TPSA) is 59.4 Å². The van der Waals surface area contributed by atoms with E-state index in [1.807, 2.05) is 0 Å². The molecule has 0 aliphatic rings. The van der Waals surface area contributed by atoms with Crippen molar-refractivity contribution < 1.29 is 27.8 Å². The average molecular weight is 207 g/mol. The maximum atomic E-state index is 12.8. The Balaban J connectivity index is 2.95. The van der Waals surface area contributed by atoms with Gasteiger partial charge in [-0.15, -0.1) is 0 Å². The van der Waals surface area contributed by atoms with Gasteiger partial charge in [0.2, 0.25) is 0 Å². The van der Waals surface area contributed by atoms with Crippen LogP contribution in [0, 0.1) is 5.82 Å². The van der Waals surface area contributed by atoms with Crippen LogP contribution in [0.4, 0.5) is 13.2 Å². The minimum absolute atomic E-state index is 0.441. The first-order valence-electron chi connectivity index (χ1n) is 3.34. The molecule has 0 unspecified atom stereocenters. The van der Waals surface area contributed by atoms with Gasteiger partial charge in [-0.25, -0.2) is 14.2 Å². The summed E-state index contributed by atoms with van der Waals surface area (Å²) in [7, 11) is 0. The van der Waals surface area contributed by atoms with Gasteiger partial charge in [-0.3, -0.25) is 0 Å². The largest absolute Gasteiger partial charge is 0.478 e. The van der Waals surface area contributed by atoms with E-state index in [-0.39, 0.29) is 0 Å². The van der Waals surface area contributed by atoms with Crippen LogP contribution in [0.1, 0.15) is 10.4 Å². The Morgan fingerprint density at radius 1 is 1.57 bits per heavy atom. The van der Waals surface area contributed by atoms with Crippen molar-refractivity contribution in [2.24, 2.45) is 0 Å². The standard InChI is InChI=1S/C7H4F3NO3/c8-4-1-3(6(12)13)2-11-5(4)14-7(9)10/h1-2,7H,(H,12,13). The first-order chi connectivity index (χ1) is 6.50. The van der Waals surface area contributed by atoms with Crippen molar-refractivity contribution in [1.82, 2.24) is 4.98 Å². The second-order valence-corrected chi connectivity index (χ2v) is 2.19. The third-order valence-electron chi connectivity index (χ3n) is 1.26. The lowest BCUT2D eigenvalue weighted by molar-refractivity contribution is -0.0553. The maximum absolute atomic E-state index is 12.8. The van der Waals surface area contributed by atoms with Crippen LogP contribution in [0.2, 0.25) is 0 Å².